The van der Waals surface area contributed by atoms with Gasteiger partial charge in [0.1, 0.15) is 5.52 Å². The van der Waals surface area contributed by atoms with Crippen molar-refractivity contribution in [3.8, 4) is 0 Å². The van der Waals surface area contributed by atoms with Gasteiger partial charge in [-0.3, -0.25) is 0 Å². The molecule has 0 spiro atoms. The van der Waals surface area contributed by atoms with Crippen LogP contribution in [0.5, 0.6) is 0 Å². The molecule has 5 heteroatoms. The highest BCUT2D eigenvalue weighted by molar-refractivity contribution is 5.78. The second-order valence-corrected chi connectivity index (χ2v) is 4.20. The number of benzene rings is 1. The van der Waals surface area contributed by atoms with Crippen LogP contribution in [-0.4, -0.2) is 36.1 Å². The first-order valence-corrected chi connectivity index (χ1v) is 6.35. The summed E-state index contributed by atoms with van der Waals surface area (Å²) in [7, 11) is 0. The van der Waals surface area contributed by atoms with Crippen LogP contribution >= 0.6 is 0 Å². The molecular formula is C13H20N4O. The maximum atomic E-state index is 5.69. The van der Waals surface area contributed by atoms with Crippen LogP contribution in [0.15, 0.2) is 22.6 Å². The summed E-state index contributed by atoms with van der Waals surface area (Å²) in [5, 5.41) is 3.19. The zero-order valence-corrected chi connectivity index (χ0v) is 10.9. The van der Waals surface area contributed by atoms with E-state index in [1.54, 1.807) is 6.07 Å². The van der Waals surface area contributed by atoms with E-state index in [9.17, 15) is 0 Å². The Morgan fingerprint density at radius 1 is 1.33 bits per heavy atom. The minimum Gasteiger partial charge on any atom is -0.423 e. The van der Waals surface area contributed by atoms with Gasteiger partial charge in [0.25, 0.3) is 6.01 Å². The Bertz CT molecular complexity index is 505. The number of aromatic nitrogens is 1. The third-order valence-electron chi connectivity index (χ3n) is 3.01. The standard InChI is InChI=1S/C13H20N4O/c1-3-17(4-2)8-7-15-13-16-11-6-5-10(14)9-12(11)18-13/h5-6,9H,3-4,7-8,14H2,1-2H3,(H,15,16). The maximum absolute atomic E-state index is 5.69. The van der Waals surface area contributed by atoms with Gasteiger partial charge in [-0.2, -0.15) is 4.98 Å². The van der Waals surface area contributed by atoms with Gasteiger partial charge < -0.3 is 20.4 Å². The number of fused-ring (bicyclic) bond motifs is 1. The molecule has 0 radical (unpaired) electrons. The van der Waals surface area contributed by atoms with E-state index in [-0.39, 0.29) is 0 Å². The average molecular weight is 248 g/mol. The molecule has 1 aromatic carbocycles. The van der Waals surface area contributed by atoms with Crippen molar-refractivity contribution in [3.63, 3.8) is 0 Å². The van der Waals surface area contributed by atoms with Crippen LogP contribution in [0.25, 0.3) is 11.1 Å². The molecule has 0 saturated heterocycles. The number of oxazole rings is 1. The molecule has 0 bridgehead atoms. The van der Waals surface area contributed by atoms with Crippen molar-refractivity contribution in [2.75, 3.05) is 37.2 Å². The summed E-state index contributed by atoms with van der Waals surface area (Å²) in [5.74, 6) is 0. The molecule has 2 aromatic rings. The predicted octanol–water partition coefficient (Wildman–Crippen LogP) is 2.16. The molecule has 0 aliphatic carbocycles. The third-order valence-corrected chi connectivity index (χ3v) is 3.01. The molecule has 0 aliphatic heterocycles. The number of anilines is 2. The van der Waals surface area contributed by atoms with E-state index in [4.69, 9.17) is 10.2 Å². The van der Waals surface area contributed by atoms with Crippen LogP contribution in [0.2, 0.25) is 0 Å². The summed E-state index contributed by atoms with van der Waals surface area (Å²) in [4.78, 5) is 6.69. The van der Waals surface area contributed by atoms with Crippen molar-refractivity contribution in [2.45, 2.75) is 13.8 Å². The summed E-state index contributed by atoms with van der Waals surface area (Å²) in [6.45, 7) is 8.24. The number of hydrogen-bond acceptors (Lipinski definition) is 5. The second kappa shape index (κ2) is 5.73. The van der Waals surface area contributed by atoms with Crippen molar-refractivity contribution in [1.82, 2.24) is 9.88 Å². The largest absolute Gasteiger partial charge is 0.423 e. The highest BCUT2D eigenvalue weighted by atomic mass is 16.4. The molecule has 0 saturated carbocycles. The van der Waals surface area contributed by atoms with Gasteiger partial charge in [0.2, 0.25) is 0 Å². The van der Waals surface area contributed by atoms with Crippen LogP contribution in [0, 0.1) is 0 Å². The van der Waals surface area contributed by atoms with Crippen LogP contribution in [-0.2, 0) is 0 Å². The predicted molar refractivity (Wildman–Crippen MR) is 74.7 cm³/mol. The highest BCUT2D eigenvalue weighted by Crippen LogP contribution is 2.20. The molecule has 0 aliphatic rings. The van der Waals surface area contributed by atoms with Crippen LogP contribution in [0.1, 0.15) is 13.8 Å². The third kappa shape index (κ3) is 2.92. The van der Waals surface area contributed by atoms with E-state index >= 15 is 0 Å². The normalized spacial score (nSPS) is 11.3. The number of nitrogen functional groups attached to an aromatic ring is 1. The summed E-state index contributed by atoms with van der Waals surface area (Å²) >= 11 is 0. The monoisotopic (exact) mass is 248 g/mol. The molecule has 5 nitrogen and oxygen atoms in total. The van der Waals surface area contributed by atoms with Gasteiger partial charge in [-0.15, -0.1) is 0 Å². The van der Waals surface area contributed by atoms with Gasteiger partial charge in [-0.05, 0) is 25.2 Å². The second-order valence-electron chi connectivity index (χ2n) is 4.20. The van der Waals surface area contributed by atoms with Crippen LogP contribution in [0.3, 0.4) is 0 Å². The molecule has 2 rings (SSSR count). The first-order valence-electron chi connectivity index (χ1n) is 6.35. The zero-order valence-electron chi connectivity index (χ0n) is 10.9. The average Bonchev–Trinajstić information content (AvgIpc) is 2.76. The first-order chi connectivity index (χ1) is 8.72. The van der Waals surface area contributed by atoms with Crippen molar-refractivity contribution >= 4 is 22.8 Å². The fourth-order valence-corrected chi connectivity index (χ4v) is 1.88. The van der Waals surface area contributed by atoms with E-state index in [1.165, 1.54) is 0 Å². The van der Waals surface area contributed by atoms with Gasteiger partial charge in [0, 0.05) is 24.8 Å². The molecule has 98 valence electrons. The zero-order chi connectivity index (χ0) is 13.0. The SMILES string of the molecule is CCN(CC)CCNc1nc2ccc(N)cc2o1. The number of rotatable bonds is 6. The molecule has 3 N–H and O–H groups in total. The summed E-state index contributed by atoms with van der Waals surface area (Å²) in [6, 6.07) is 6.04. The number of likely N-dealkylation sites (N-methyl/N-ethyl adjacent to an activating group) is 1. The lowest BCUT2D eigenvalue weighted by molar-refractivity contribution is 0.315. The summed E-state index contributed by atoms with van der Waals surface area (Å²) in [5.41, 5.74) is 7.93. The van der Waals surface area contributed by atoms with Crippen molar-refractivity contribution in [3.05, 3.63) is 18.2 Å². The molecule has 1 aromatic heterocycles. The molecule has 0 atom stereocenters. The maximum Gasteiger partial charge on any atom is 0.295 e. The van der Waals surface area contributed by atoms with Crippen LogP contribution < -0.4 is 11.1 Å². The van der Waals surface area contributed by atoms with Gasteiger partial charge >= 0.3 is 0 Å². The van der Waals surface area contributed by atoms with Gasteiger partial charge in [0.15, 0.2) is 5.58 Å². The molecular weight excluding hydrogens is 228 g/mol. The van der Waals surface area contributed by atoms with Crippen LogP contribution in [0.4, 0.5) is 11.7 Å². The Morgan fingerprint density at radius 2 is 2.11 bits per heavy atom. The fraction of sp³-hybridized carbons (Fsp3) is 0.462. The number of nitrogens with two attached hydrogens (primary N) is 1. The fourth-order valence-electron chi connectivity index (χ4n) is 1.88. The van der Waals surface area contributed by atoms with E-state index < -0.39 is 0 Å². The molecule has 18 heavy (non-hydrogen) atoms. The lowest BCUT2D eigenvalue weighted by atomic mass is 10.3. The number of nitrogens with one attached hydrogen (secondary N) is 1. The Morgan fingerprint density at radius 3 is 2.83 bits per heavy atom. The lowest BCUT2D eigenvalue weighted by Crippen LogP contribution is -2.28. The van der Waals surface area contributed by atoms with Gasteiger partial charge in [-0.1, -0.05) is 13.8 Å². The summed E-state index contributed by atoms with van der Waals surface area (Å²) in [6.07, 6.45) is 0. The first kappa shape index (κ1) is 12.7. The van der Waals surface area contributed by atoms with Crippen molar-refractivity contribution in [1.29, 1.82) is 0 Å². The minimum atomic E-state index is 0.558. The van der Waals surface area contributed by atoms with E-state index in [0.29, 0.717) is 11.7 Å². The molecule has 0 fully saturated rings. The smallest absolute Gasteiger partial charge is 0.295 e. The Labute approximate surface area is 107 Å². The molecule has 0 unspecified atom stereocenters. The number of nitrogens with zero attached hydrogens (tertiary/aromatic N) is 2. The molecule has 1 heterocycles. The Kier molecular flexibility index (Phi) is 4.04. The van der Waals surface area contributed by atoms with Crippen molar-refractivity contribution < 1.29 is 4.42 Å². The van der Waals surface area contributed by atoms with Gasteiger partial charge in [0.05, 0.1) is 0 Å². The summed E-state index contributed by atoms with van der Waals surface area (Å²) < 4.78 is 5.58. The number of hydrogen-bond donors (Lipinski definition) is 2. The quantitative estimate of drug-likeness (QED) is 0.767. The minimum absolute atomic E-state index is 0.558. The Hall–Kier alpha value is -1.75. The highest BCUT2D eigenvalue weighted by Gasteiger charge is 2.05. The van der Waals surface area contributed by atoms with Crippen molar-refractivity contribution in [2.24, 2.45) is 0 Å². The van der Waals surface area contributed by atoms with E-state index in [1.807, 2.05) is 12.1 Å². The molecule has 0 amide bonds. The topological polar surface area (TPSA) is 67.3 Å². The van der Waals surface area contributed by atoms with E-state index in [0.717, 1.165) is 37.3 Å². The van der Waals surface area contributed by atoms with Gasteiger partial charge in [-0.25, -0.2) is 0 Å². The van der Waals surface area contributed by atoms with E-state index in [2.05, 4.69) is 29.0 Å². The Balaban J connectivity index is 1.95. The lowest BCUT2D eigenvalue weighted by Gasteiger charge is -2.17.